The molecule has 4 rings (SSSR count). The summed E-state index contributed by atoms with van der Waals surface area (Å²) in [6.07, 6.45) is 1.55. The first-order valence-electron chi connectivity index (χ1n) is 8.33. The molecule has 3 atom stereocenters. The predicted molar refractivity (Wildman–Crippen MR) is 97.8 cm³/mol. The Hall–Kier alpha value is -2.11. The van der Waals surface area contributed by atoms with Gasteiger partial charge in [0.05, 0.1) is 0 Å². The van der Waals surface area contributed by atoms with E-state index < -0.39 is 0 Å². The summed E-state index contributed by atoms with van der Waals surface area (Å²) in [4.78, 5) is 21.0. The van der Waals surface area contributed by atoms with E-state index in [0.29, 0.717) is 24.4 Å². The van der Waals surface area contributed by atoms with Crippen LogP contribution in [0.5, 0.6) is 5.75 Å². The van der Waals surface area contributed by atoms with Crippen molar-refractivity contribution in [3.63, 3.8) is 0 Å². The highest BCUT2D eigenvalue weighted by molar-refractivity contribution is 5.95. The van der Waals surface area contributed by atoms with E-state index in [4.69, 9.17) is 0 Å². The maximum absolute atomic E-state index is 12.7. The fourth-order valence-electron chi connectivity index (χ4n) is 4.29. The van der Waals surface area contributed by atoms with Crippen LogP contribution in [-0.4, -0.2) is 52.5 Å². The van der Waals surface area contributed by atoms with Gasteiger partial charge in [0.1, 0.15) is 5.75 Å². The molecule has 1 aromatic carbocycles. The summed E-state index contributed by atoms with van der Waals surface area (Å²) in [6.45, 7) is 2.43. The Balaban J connectivity index is 0.00000182. The number of aromatic nitrogens is 1. The zero-order valence-corrected chi connectivity index (χ0v) is 14.9. The maximum atomic E-state index is 12.7. The monoisotopic (exact) mass is 359 g/mol. The fraction of sp³-hybridized carbons (Fsp3) is 0.368. The second kappa shape index (κ2) is 7.02. The number of pyridine rings is 1. The number of halogens is 1. The van der Waals surface area contributed by atoms with E-state index in [-0.39, 0.29) is 29.8 Å². The number of carbonyl (C=O) groups is 1. The van der Waals surface area contributed by atoms with E-state index in [1.807, 2.05) is 11.0 Å². The Morgan fingerprint density at radius 2 is 1.88 bits per heavy atom. The molecule has 0 aliphatic carbocycles. The summed E-state index contributed by atoms with van der Waals surface area (Å²) in [7, 11) is 2.16. The molecule has 0 saturated carbocycles. The molecule has 1 amide bonds. The number of rotatable bonds is 2. The summed E-state index contributed by atoms with van der Waals surface area (Å²) in [6, 6.07) is 14.0. The largest absolute Gasteiger partial charge is 0.505 e. The summed E-state index contributed by atoms with van der Waals surface area (Å²) in [5.74, 6) is 0.676. The average molecular weight is 360 g/mol. The summed E-state index contributed by atoms with van der Waals surface area (Å²) < 4.78 is 0. The van der Waals surface area contributed by atoms with Crippen LogP contribution >= 0.6 is 12.4 Å². The molecule has 132 valence electrons. The minimum atomic E-state index is -0.169. The number of hydrogen-bond donors (Lipinski definition) is 1. The SMILES string of the molecule is CN1C[C@H]2CN(C(=O)c3ncccc3O)C[C@H]2[C@@H]1c1ccccc1.Cl. The molecule has 6 heteroatoms. The Bertz CT molecular complexity index is 755. The van der Waals surface area contributed by atoms with Crippen LogP contribution in [0.25, 0.3) is 0 Å². The van der Waals surface area contributed by atoms with Crippen molar-refractivity contribution in [3.8, 4) is 5.75 Å². The van der Waals surface area contributed by atoms with Crippen LogP contribution in [0.2, 0.25) is 0 Å². The van der Waals surface area contributed by atoms with E-state index in [1.165, 1.54) is 11.6 Å². The molecule has 2 aromatic rings. The van der Waals surface area contributed by atoms with Crippen molar-refractivity contribution in [2.45, 2.75) is 6.04 Å². The van der Waals surface area contributed by atoms with Gasteiger partial charge >= 0.3 is 0 Å². The van der Waals surface area contributed by atoms with E-state index in [1.54, 1.807) is 12.3 Å². The molecule has 2 aliphatic rings. The predicted octanol–water partition coefficient (Wildman–Crippen LogP) is 2.58. The normalized spacial score (nSPS) is 25.5. The standard InChI is InChI=1S/C19H21N3O2.ClH/c1-21-10-14-11-22(19(24)17-16(23)8-5-9-20-17)12-15(14)18(21)13-6-3-2-4-7-13;/h2-9,14-15,18,23H,10-12H2,1H3;1H/t14-,15+,18-;/m0./s1. The first-order valence-corrected chi connectivity index (χ1v) is 8.33. The Morgan fingerprint density at radius 1 is 1.12 bits per heavy atom. The van der Waals surface area contributed by atoms with Crippen molar-refractivity contribution >= 4 is 18.3 Å². The number of carbonyl (C=O) groups excluding carboxylic acids is 1. The van der Waals surface area contributed by atoms with Gasteiger partial charge in [0.15, 0.2) is 5.69 Å². The number of hydrogen-bond acceptors (Lipinski definition) is 4. The van der Waals surface area contributed by atoms with Gasteiger partial charge < -0.3 is 10.0 Å². The molecule has 1 N–H and O–H groups in total. The van der Waals surface area contributed by atoms with E-state index in [9.17, 15) is 9.90 Å². The lowest BCUT2D eigenvalue weighted by Crippen LogP contribution is -2.33. The summed E-state index contributed by atoms with van der Waals surface area (Å²) in [5.41, 5.74) is 1.46. The smallest absolute Gasteiger partial charge is 0.276 e. The molecule has 25 heavy (non-hydrogen) atoms. The highest BCUT2D eigenvalue weighted by Gasteiger charge is 2.47. The van der Waals surface area contributed by atoms with E-state index in [0.717, 1.165) is 13.1 Å². The average Bonchev–Trinajstić information content (AvgIpc) is 3.12. The van der Waals surface area contributed by atoms with Crippen molar-refractivity contribution in [2.75, 3.05) is 26.7 Å². The molecule has 0 bridgehead atoms. The lowest BCUT2D eigenvalue weighted by Gasteiger charge is -2.26. The van der Waals surface area contributed by atoms with Gasteiger partial charge in [-0.15, -0.1) is 12.4 Å². The van der Waals surface area contributed by atoms with Crippen molar-refractivity contribution < 1.29 is 9.90 Å². The number of nitrogens with zero attached hydrogens (tertiary/aromatic N) is 3. The third kappa shape index (κ3) is 3.10. The Labute approximate surface area is 153 Å². The Kier molecular flexibility index (Phi) is 4.97. The van der Waals surface area contributed by atoms with Crippen LogP contribution in [0.15, 0.2) is 48.7 Å². The molecular weight excluding hydrogens is 338 g/mol. The minimum Gasteiger partial charge on any atom is -0.505 e. The van der Waals surface area contributed by atoms with E-state index in [2.05, 4.69) is 41.2 Å². The number of benzene rings is 1. The van der Waals surface area contributed by atoms with Gasteiger partial charge in [-0.25, -0.2) is 4.98 Å². The number of amides is 1. The molecule has 5 nitrogen and oxygen atoms in total. The first kappa shape index (κ1) is 17.7. The molecule has 3 heterocycles. The maximum Gasteiger partial charge on any atom is 0.276 e. The second-order valence-electron chi connectivity index (χ2n) is 6.80. The number of likely N-dealkylation sites (tertiary alicyclic amines) is 2. The van der Waals surface area contributed by atoms with Crippen LogP contribution in [0, 0.1) is 11.8 Å². The fourth-order valence-corrected chi connectivity index (χ4v) is 4.29. The number of fused-ring (bicyclic) bond motifs is 1. The molecule has 0 unspecified atom stereocenters. The number of aromatic hydroxyl groups is 1. The first-order chi connectivity index (χ1) is 11.6. The van der Waals surface area contributed by atoms with Crippen LogP contribution in [0.4, 0.5) is 0 Å². The zero-order valence-electron chi connectivity index (χ0n) is 14.1. The van der Waals surface area contributed by atoms with Gasteiger partial charge in [0.25, 0.3) is 5.91 Å². The second-order valence-corrected chi connectivity index (χ2v) is 6.80. The van der Waals surface area contributed by atoms with E-state index >= 15 is 0 Å². The van der Waals surface area contributed by atoms with Gasteiger partial charge in [-0.1, -0.05) is 30.3 Å². The van der Waals surface area contributed by atoms with Crippen molar-refractivity contribution in [2.24, 2.45) is 11.8 Å². The van der Waals surface area contributed by atoms with Crippen molar-refractivity contribution in [1.82, 2.24) is 14.8 Å². The van der Waals surface area contributed by atoms with Gasteiger partial charge in [0.2, 0.25) is 0 Å². The highest BCUT2D eigenvalue weighted by atomic mass is 35.5. The lowest BCUT2D eigenvalue weighted by atomic mass is 9.90. The third-order valence-electron chi connectivity index (χ3n) is 5.31. The topological polar surface area (TPSA) is 56.7 Å². The molecule has 2 saturated heterocycles. The quantitative estimate of drug-likeness (QED) is 0.895. The van der Waals surface area contributed by atoms with Crippen LogP contribution in [0.1, 0.15) is 22.1 Å². The minimum absolute atomic E-state index is 0. The summed E-state index contributed by atoms with van der Waals surface area (Å²) in [5, 5.41) is 9.90. The molecule has 2 aliphatic heterocycles. The zero-order chi connectivity index (χ0) is 16.7. The molecular formula is C19H22ClN3O2. The molecule has 2 fully saturated rings. The molecule has 0 radical (unpaired) electrons. The van der Waals surface area contributed by atoms with Crippen molar-refractivity contribution in [3.05, 3.63) is 59.9 Å². The molecule has 1 aromatic heterocycles. The molecule has 0 spiro atoms. The highest BCUT2D eigenvalue weighted by Crippen LogP contribution is 2.44. The van der Waals surface area contributed by atoms with Crippen LogP contribution in [0.3, 0.4) is 0 Å². The van der Waals surface area contributed by atoms with Crippen LogP contribution < -0.4 is 0 Å². The van der Waals surface area contributed by atoms with Gasteiger partial charge in [0, 0.05) is 37.8 Å². The Morgan fingerprint density at radius 3 is 2.60 bits per heavy atom. The summed E-state index contributed by atoms with van der Waals surface area (Å²) >= 11 is 0. The van der Waals surface area contributed by atoms with Gasteiger partial charge in [-0.05, 0) is 30.7 Å². The lowest BCUT2D eigenvalue weighted by molar-refractivity contribution is 0.0758. The van der Waals surface area contributed by atoms with Crippen molar-refractivity contribution in [1.29, 1.82) is 0 Å². The van der Waals surface area contributed by atoms with Gasteiger partial charge in [-0.3, -0.25) is 9.69 Å². The van der Waals surface area contributed by atoms with Gasteiger partial charge in [-0.2, -0.15) is 0 Å². The third-order valence-corrected chi connectivity index (χ3v) is 5.31. The van der Waals surface area contributed by atoms with Crippen LogP contribution in [-0.2, 0) is 0 Å².